The van der Waals surface area contributed by atoms with Crippen molar-refractivity contribution in [3.63, 3.8) is 0 Å². The lowest BCUT2D eigenvalue weighted by atomic mass is 10.2. The Hall–Kier alpha value is -0.690. The minimum Gasteiger partial charge on any atom is -0.349 e. The fourth-order valence-corrected chi connectivity index (χ4v) is 2.71. The molecule has 0 aromatic heterocycles. The van der Waals surface area contributed by atoms with Gasteiger partial charge in [0.15, 0.2) is 5.11 Å². The summed E-state index contributed by atoms with van der Waals surface area (Å²) in [6, 6.07) is 7.51. The molecule has 0 fully saturated rings. The van der Waals surface area contributed by atoms with Crippen LogP contribution in [0.2, 0.25) is 0 Å². The predicted molar refractivity (Wildman–Crippen MR) is 101 cm³/mol. The van der Waals surface area contributed by atoms with E-state index >= 15 is 0 Å². The maximum Gasteiger partial charge on any atom is 0.257 e. The molecule has 0 aliphatic carbocycles. The van der Waals surface area contributed by atoms with Crippen molar-refractivity contribution in [1.29, 1.82) is 0 Å². The van der Waals surface area contributed by atoms with Crippen LogP contribution in [0.3, 0.4) is 0 Å². The third kappa shape index (κ3) is 6.74. The molecule has 0 unspecified atom stereocenters. The third-order valence-electron chi connectivity index (χ3n) is 3.16. The van der Waals surface area contributed by atoms with Gasteiger partial charge in [0.05, 0.1) is 0 Å². The summed E-state index contributed by atoms with van der Waals surface area (Å²) in [7, 11) is 0. The zero-order valence-corrected chi connectivity index (χ0v) is 15.7. The number of benzene rings is 1. The number of unbranched alkanes of at least 4 members (excludes halogenated alkanes) is 2. The van der Waals surface area contributed by atoms with Gasteiger partial charge in [0.25, 0.3) is 5.91 Å². The standard InChI is InChI=1S/C16H23IN2OS/c1-3-5-10-19(11-6-4-2)16(21)18-15(20)13-8-7-9-14(17)12-13/h7-9,12H,3-6,10-11H2,1-2H3,(H,18,20,21). The van der Waals surface area contributed by atoms with Crippen molar-refractivity contribution in [3.05, 3.63) is 33.4 Å². The van der Waals surface area contributed by atoms with Crippen molar-refractivity contribution in [1.82, 2.24) is 10.2 Å². The Bertz CT molecular complexity index is 471. The van der Waals surface area contributed by atoms with Crippen LogP contribution >= 0.6 is 34.8 Å². The lowest BCUT2D eigenvalue weighted by Gasteiger charge is -2.25. The Labute approximate surface area is 146 Å². The van der Waals surface area contributed by atoms with Gasteiger partial charge >= 0.3 is 0 Å². The lowest BCUT2D eigenvalue weighted by Crippen LogP contribution is -2.43. The maximum atomic E-state index is 12.2. The van der Waals surface area contributed by atoms with Gasteiger partial charge in [-0.15, -0.1) is 0 Å². The third-order valence-corrected chi connectivity index (χ3v) is 4.19. The molecule has 0 heterocycles. The highest BCUT2D eigenvalue weighted by Crippen LogP contribution is 2.08. The molecule has 0 saturated carbocycles. The second-order valence-electron chi connectivity index (χ2n) is 4.96. The largest absolute Gasteiger partial charge is 0.349 e. The van der Waals surface area contributed by atoms with Gasteiger partial charge in [0.1, 0.15) is 0 Å². The number of carbonyl (C=O) groups is 1. The van der Waals surface area contributed by atoms with Crippen LogP contribution in [-0.2, 0) is 0 Å². The van der Waals surface area contributed by atoms with Gasteiger partial charge in [-0.3, -0.25) is 10.1 Å². The summed E-state index contributed by atoms with van der Waals surface area (Å²) in [4.78, 5) is 14.3. The van der Waals surface area contributed by atoms with Crippen molar-refractivity contribution in [2.24, 2.45) is 0 Å². The average Bonchev–Trinajstić information content (AvgIpc) is 2.47. The number of nitrogens with one attached hydrogen (secondary N) is 1. The van der Waals surface area contributed by atoms with Gasteiger partial charge in [-0.25, -0.2) is 0 Å². The van der Waals surface area contributed by atoms with E-state index in [2.05, 4.69) is 46.7 Å². The van der Waals surface area contributed by atoms with E-state index in [0.29, 0.717) is 10.7 Å². The summed E-state index contributed by atoms with van der Waals surface area (Å²) in [6.45, 7) is 6.13. The summed E-state index contributed by atoms with van der Waals surface area (Å²) in [5.74, 6) is -0.128. The molecule has 0 aliphatic rings. The van der Waals surface area contributed by atoms with Gasteiger partial charge < -0.3 is 4.90 Å². The Morgan fingerprint density at radius 3 is 2.38 bits per heavy atom. The Kier molecular flexibility index (Phi) is 8.84. The first-order chi connectivity index (χ1) is 10.1. The molecule has 5 heteroatoms. The molecule has 0 bridgehead atoms. The zero-order valence-electron chi connectivity index (χ0n) is 12.7. The molecule has 116 valence electrons. The predicted octanol–water partition coefficient (Wildman–Crippen LogP) is 4.21. The number of rotatable bonds is 7. The molecule has 1 rings (SSSR count). The van der Waals surface area contributed by atoms with Crippen LogP contribution in [0.5, 0.6) is 0 Å². The molecule has 0 aliphatic heterocycles. The van der Waals surface area contributed by atoms with E-state index in [0.717, 1.165) is 42.3 Å². The van der Waals surface area contributed by atoms with Crippen molar-refractivity contribution in [2.45, 2.75) is 39.5 Å². The van der Waals surface area contributed by atoms with E-state index in [4.69, 9.17) is 12.2 Å². The molecule has 0 radical (unpaired) electrons. The van der Waals surface area contributed by atoms with E-state index in [1.54, 1.807) is 0 Å². The van der Waals surface area contributed by atoms with E-state index < -0.39 is 0 Å². The number of hydrogen-bond acceptors (Lipinski definition) is 2. The van der Waals surface area contributed by atoms with Crippen molar-refractivity contribution in [3.8, 4) is 0 Å². The monoisotopic (exact) mass is 418 g/mol. The minimum atomic E-state index is -0.128. The van der Waals surface area contributed by atoms with E-state index in [-0.39, 0.29) is 5.91 Å². The summed E-state index contributed by atoms with van der Waals surface area (Å²) in [5.41, 5.74) is 0.648. The quantitative estimate of drug-likeness (QED) is 0.532. The van der Waals surface area contributed by atoms with Gasteiger partial charge in [0, 0.05) is 22.2 Å². The highest BCUT2D eigenvalue weighted by atomic mass is 127. The van der Waals surface area contributed by atoms with Crippen molar-refractivity contribution < 1.29 is 4.79 Å². The summed E-state index contributed by atoms with van der Waals surface area (Å²) >= 11 is 7.60. The molecule has 0 spiro atoms. The number of carbonyl (C=O) groups excluding carboxylic acids is 1. The Balaban J connectivity index is 2.64. The van der Waals surface area contributed by atoms with Gasteiger partial charge in [-0.2, -0.15) is 0 Å². The molecular formula is C16H23IN2OS. The molecule has 21 heavy (non-hydrogen) atoms. The molecule has 0 atom stereocenters. The lowest BCUT2D eigenvalue weighted by molar-refractivity contribution is 0.0973. The average molecular weight is 418 g/mol. The van der Waals surface area contributed by atoms with Crippen LogP contribution in [0.1, 0.15) is 49.9 Å². The number of halogens is 1. The van der Waals surface area contributed by atoms with Crippen LogP contribution in [0.15, 0.2) is 24.3 Å². The SMILES string of the molecule is CCCCN(CCCC)C(=S)NC(=O)c1cccc(I)c1. The number of thiocarbonyl (C=S) groups is 1. The molecule has 1 aromatic carbocycles. The first-order valence-electron chi connectivity index (χ1n) is 7.44. The maximum absolute atomic E-state index is 12.2. The fraction of sp³-hybridized carbons (Fsp3) is 0.500. The highest BCUT2D eigenvalue weighted by Gasteiger charge is 2.13. The van der Waals surface area contributed by atoms with E-state index in [1.807, 2.05) is 24.3 Å². The molecule has 3 nitrogen and oxygen atoms in total. The van der Waals surface area contributed by atoms with Crippen LogP contribution in [0, 0.1) is 3.57 Å². The Morgan fingerprint density at radius 2 is 1.86 bits per heavy atom. The van der Waals surface area contributed by atoms with Gasteiger partial charge in [0.2, 0.25) is 0 Å². The number of hydrogen-bond donors (Lipinski definition) is 1. The second kappa shape index (κ2) is 10.1. The normalized spacial score (nSPS) is 10.2. The fourth-order valence-electron chi connectivity index (χ4n) is 1.89. The smallest absolute Gasteiger partial charge is 0.257 e. The van der Waals surface area contributed by atoms with Gasteiger partial charge in [-0.1, -0.05) is 32.8 Å². The van der Waals surface area contributed by atoms with Crippen LogP contribution in [0.25, 0.3) is 0 Å². The van der Waals surface area contributed by atoms with Gasteiger partial charge in [-0.05, 0) is 65.8 Å². The Morgan fingerprint density at radius 1 is 1.24 bits per heavy atom. The number of amides is 1. The summed E-state index contributed by atoms with van der Waals surface area (Å²) in [6.07, 6.45) is 4.41. The highest BCUT2D eigenvalue weighted by molar-refractivity contribution is 14.1. The van der Waals surface area contributed by atoms with E-state index in [9.17, 15) is 4.79 Å². The zero-order chi connectivity index (χ0) is 15.7. The van der Waals surface area contributed by atoms with Crippen LogP contribution in [-0.4, -0.2) is 29.0 Å². The van der Waals surface area contributed by atoms with Crippen molar-refractivity contribution in [2.75, 3.05) is 13.1 Å². The number of nitrogens with zero attached hydrogens (tertiary/aromatic N) is 1. The molecule has 1 N–H and O–H groups in total. The summed E-state index contributed by atoms with van der Waals surface area (Å²) < 4.78 is 1.04. The summed E-state index contributed by atoms with van der Waals surface area (Å²) in [5, 5.41) is 3.40. The first kappa shape index (κ1) is 18.4. The van der Waals surface area contributed by atoms with E-state index in [1.165, 1.54) is 0 Å². The second-order valence-corrected chi connectivity index (χ2v) is 6.60. The topological polar surface area (TPSA) is 32.3 Å². The molecule has 1 amide bonds. The molecule has 1 aromatic rings. The first-order valence-corrected chi connectivity index (χ1v) is 8.93. The minimum absolute atomic E-state index is 0.128. The molecular weight excluding hydrogens is 395 g/mol. The van der Waals surface area contributed by atoms with Crippen LogP contribution < -0.4 is 5.32 Å². The van der Waals surface area contributed by atoms with Crippen LogP contribution in [0.4, 0.5) is 0 Å². The van der Waals surface area contributed by atoms with Crippen molar-refractivity contribution >= 4 is 45.8 Å². The molecule has 0 saturated heterocycles.